The maximum Gasteiger partial charge on any atom is 0.339 e. The van der Waals surface area contributed by atoms with Crippen molar-refractivity contribution in [2.45, 2.75) is 13.5 Å². The molecule has 0 saturated heterocycles. The lowest BCUT2D eigenvalue weighted by Gasteiger charge is -2.08. The van der Waals surface area contributed by atoms with E-state index in [9.17, 15) is 4.79 Å². The number of aryl methyl sites for hydroxylation is 1. The Morgan fingerprint density at radius 2 is 2.28 bits per heavy atom. The fraction of sp³-hybridized carbons (Fsp3) is 0.167. The van der Waals surface area contributed by atoms with Crippen molar-refractivity contribution in [3.63, 3.8) is 0 Å². The molecule has 0 amide bonds. The summed E-state index contributed by atoms with van der Waals surface area (Å²) in [6.45, 7) is 2.54. The highest BCUT2D eigenvalue weighted by Crippen LogP contribution is 2.19. The minimum atomic E-state index is -1.02. The third kappa shape index (κ3) is 2.80. The van der Waals surface area contributed by atoms with Crippen molar-refractivity contribution in [3.8, 4) is 0 Å². The number of nitrogens with zero attached hydrogens (tertiary/aromatic N) is 1. The van der Waals surface area contributed by atoms with E-state index in [0.29, 0.717) is 12.4 Å². The highest BCUT2D eigenvalue weighted by Gasteiger charge is 2.12. The Bertz CT molecular complexity index is 583. The predicted molar refractivity (Wildman–Crippen MR) is 72.6 cm³/mol. The van der Waals surface area contributed by atoms with Gasteiger partial charge in [0, 0.05) is 6.54 Å². The van der Waals surface area contributed by atoms with Gasteiger partial charge in [-0.1, -0.05) is 11.6 Å². The first kappa shape index (κ1) is 12.9. The molecule has 0 spiro atoms. The number of aromatic nitrogens is 1. The van der Waals surface area contributed by atoms with Crippen molar-refractivity contribution < 1.29 is 9.90 Å². The molecule has 6 heteroatoms. The molecule has 4 nitrogen and oxygen atoms in total. The molecule has 0 radical (unpaired) electrons. The number of pyridine rings is 1. The fourth-order valence-electron chi connectivity index (χ4n) is 1.49. The SMILES string of the molecule is Cc1cscc1CNc1nc(Cl)ccc1C(=O)O. The van der Waals surface area contributed by atoms with E-state index in [2.05, 4.69) is 10.3 Å². The summed E-state index contributed by atoms with van der Waals surface area (Å²) in [4.78, 5) is 15.0. The standard InChI is InChI=1S/C12H11ClN2O2S/c1-7-5-18-6-8(7)4-14-11-9(12(16)17)2-3-10(13)15-11/h2-3,5-6H,4H2,1H3,(H,14,15)(H,16,17). The van der Waals surface area contributed by atoms with Gasteiger partial charge in [-0.05, 0) is 40.9 Å². The van der Waals surface area contributed by atoms with E-state index in [4.69, 9.17) is 16.7 Å². The lowest BCUT2D eigenvalue weighted by molar-refractivity contribution is 0.0697. The number of aromatic carboxylic acids is 1. The zero-order valence-electron chi connectivity index (χ0n) is 9.61. The molecule has 0 aliphatic carbocycles. The van der Waals surface area contributed by atoms with Gasteiger partial charge in [-0.15, -0.1) is 0 Å². The number of carbonyl (C=O) groups is 1. The average molecular weight is 283 g/mol. The van der Waals surface area contributed by atoms with Crippen LogP contribution in [-0.2, 0) is 6.54 Å². The number of nitrogens with one attached hydrogen (secondary N) is 1. The van der Waals surface area contributed by atoms with Gasteiger partial charge >= 0.3 is 5.97 Å². The smallest absolute Gasteiger partial charge is 0.339 e. The Kier molecular flexibility index (Phi) is 3.84. The molecule has 94 valence electrons. The number of halogens is 1. The van der Waals surface area contributed by atoms with Crippen LogP contribution in [0.3, 0.4) is 0 Å². The van der Waals surface area contributed by atoms with Crippen LogP contribution in [0.4, 0.5) is 5.82 Å². The van der Waals surface area contributed by atoms with Gasteiger partial charge in [0.2, 0.25) is 0 Å². The van der Waals surface area contributed by atoms with Gasteiger partial charge in [0.25, 0.3) is 0 Å². The summed E-state index contributed by atoms with van der Waals surface area (Å²) >= 11 is 7.38. The lowest BCUT2D eigenvalue weighted by Crippen LogP contribution is -2.08. The van der Waals surface area contributed by atoms with E-state index in [-0.39, 0.29) is 10.7 Å². The quantitative estimate of drug-likeness (QED) is 0.844. The first-order valence-corrected chi connectivity index (χ1v) is 6.55. The molecule has 0 aromatic carbocycles. The first-order valence-electron chi connectivity index (χ1n) is 5.23. The van der Waals surface area contributed by atoms with Crippen LogP contribution in [0.25, 0.3) is 0 Å². The van der Waals surface area contributed by atoms with Crippen LogP contribution in [0.15, 0.2) is 22.9 Å². The van der Waals surface area contributed by atoms with Gasteiger partial charge in [-0.25, -0.2) is 9.78 Å². The van der Waals surface area contributed by atoms with Crippen molar-refractivity contribution in [2.75, 3.05) is 5.32 Å². The second-order valence-electron chi connectivity index (χ2n) is 3.77. The maximum atomic E-state index is 11.0. The molecule has 0 unspecified atom stereocenters. The highest BCUT2D eigenvalue weighted by molar-refractivity contribution is 7.08. The second kappa shape index (κ2) is 5.37. The predicted octanol–water partition coefficient (Wildman–Crippen LogP) is 3.42. The molecular formula is C12H11ClN2O2S. The molecule has 0 fully saturated rings. The number of hydrogen-bond donors (Lipinski definition) is 2. The highest BCUT2D eigenvalue weighted by atomic mass is 35.5. The first-order chi connectivity index (χ1) is 8.58. The van der Waals surface area contributed by atoms with Crippen molar-refractivity contribution in [1.29, 1.82) is 0 Å². The molecule has 0 bridgehead atoms. The molecule has 0 aliphatic rings. The molecule has 18 heavy (non-hydrogen) atoms. The summed E-state index contributed by atoms with van der Waals surface area (Å²) in [6, 6.07) is 2.91. The molecule has 2 heterocycles. The fourth-order valence-corrected chi connectivity index (χ4v) is 2.49. The summed E-state index contributed by atoms with van der Waals surface area (Å²) < 4.78 is 0. The van der Waals surface area contributed by atoms with Gasteiger partial charge < -0.3 is 10.4 Å². The van der Waals surface area contributed by atoms with Crippen molar-refractivity contribution in [1.82, 2.24) is 4.98 Å². The molecule has 0 saturated carbocycles. The minimum absolute atomic E-state index is 0.118. The van der Waals surface area contributed by atoms with Gasteiger partial charge in [0.15, 0.2) is 0 Å². The summed E-state index contributed by atoms with van der Waals surface area (Å²) in [5, 5.41) is 16.4. The molecule has 0 aliphatic heterocycles. The number of carboxylic acid groups (broad SMARTS) is 1. The van der Waals surface area contributed by atoms with Crippen LogP contribution in [0.5, 0.6) is 0 Å². The largest absolute Gasteiger partial charge is 0.478 e. The molecule has 2 aromatic rings. The van der Waals surface area contributed by atoms with Gasteiger partial charge in [-0.3, -0.25) is 0 Å². The van der Waals surface area contributed by atoms with Gasteiger partial charge in [0.1, 0.15) is 16.5 Å². The van der Waals surface area contributed by atoms with E-state index >= 15 is 0 Å². The van der Waals surface area contributed by atoms with E-state index in [1.54, 1.807) is 11.3 Å². The Labute approximate surface area is 113 Å². The minimum Gasteiger partial charge on any atom is -0.478 e. The summed E-state index contributed by atoms with van der Waals surface area (Å²) in [5.41, 5.74) is 2.41. The van der Waals surface area contributed by atoms with Crippen LogP contribution in [0.2, 0.25) is 5.15 Å². The Hall–Kier alpha value is -1.59. The van der Waals surface area contributed by atoms with E-state index in [1.165, 1.54) is 17.7 Å². The zero-order valence-corrected chi connectivity index (χ0v) is 11.2. The summed E-state index contributed by atoms with van der Waals surface area (Å²) in [7, 11) is 0. The number of anilines is 1. The Morgan fingerprint density at radius 3 is 2.89 bits per heavy atom. The van der Waals surface area contributed by atoms with Crippen LogP contribution < -0.4 is 5.32 Å². The monoisotopic (exact) mass is 282 g/mol. The number of carboxylic acids is 1. The van der Waals surface area contributed by atoms with E-state index in [1.807, 2.05) is 17.7 Å². The molecular weight excluding hydrogens is 272 g/mol. The van der Waals surface area contributed by atoms with Crippen molar-refractivity contribution in [2.24, 2.45) is 0 Å². The Morgan fingerprint density at radius 1 is 1.50 bits per heavy atom. The summed E-state index contributed by atoms with van der Waals surface area (Å²) in [6.07, 6.45) is 0. The van der Waals surface area contributed by atoms with E-state index < -0.39 is 5.97 Å². The number of rotatable bonds is 4. The van der Waals surface area contributed by atoms with Crippen LogP contribution in [0, 0.1) is 6.92 Å². The van der Waals surface area contributed by atoms with Crippen molar-refractivity contribution in [3.05, 3.63) is 44.7 Å². The van der Waals surface area contributed by atoms with Crippen molar-refractivity contribution >= 4 is 34.7 Å². The molecule has 2 aromatic heterocycles. The number of thiophene rings is 1. The summed E-state index contributed by atoms with van der Waals surface area (Å²) in [5.74, 6) is -0.732. The average Bonchev–Trinajstić information content (AvgIpc) is 2.72. The lowest BCUT2D eigenvalue weighted by atomic mass is 10.2. The molecule has 2 N–H and O–H groups in total. The second-order valence-corrected chi connectivity index (χ2v) is 4.90. The van der Waals surface area contributed by atoms with Gasteiger partial charge in [-0.2, -0.15) is 11.3 Å². The molecule has 2 rings (SSSR count). The van der Waals surface area contributed by atoms with Crippen LogP contribution >= 0.6 is 22.9 Å². The third-order valence-corrected chi connectivity index (χ3v) is 3.62. The Balaban J connectivity index is 2.20. The third-order valence-electron chi connectivity index (χ3n) is 2.50. The van der Waals surface area contributed by atoms with Crippen LogP contribution in [0.1, 0.15) is 21.5 Å². The van der Waals surface area contributed by atoms with Gasteiger partial charge in [0.05, 0.1) is 0 Å². The number of hydrogen-bond acceptors (Lipinski definition) is 4. The zero-order chi connectivity index (χ0) is 13.1. The normalized spacial score (nSPS) is 10.3. The van der Waals surface area contributed by atoms with Crippen LogP contribution in [-0.4, -0.2) is 16.1 Å². The topological polar surface area (TPSA) is 62.2 Å². The maximum absolute atomic E-state index is 11.0. The van der Waals surface area contributed by atoms with E-state index in [0.717, 1.165) is 5.56 Å². The molecule has 0 atom stereocenters.